The summed E-state index contributed by atoms with van der Waals surface area (Å²) in [5, 5.41) is 20.8. The molecule has 0 aromatic carbocycles. The molecule has 1 saturated carbocycles. The molecule has 6 heteroatoms. The predicted molar refractivity (Wildman–Crippen MR) is 68.9 cm³/mol. The normalized spacial score (nSPS) is 24.6. The molecule has 1 aromatic heterocycles. The number of aliphatic hydroxyl groups is 1. The molecule has 1 fully saturated rings. The fourth-order valence-electron chi connectivity index (χ4n) is 2.83. The van der Waals surface area contributed by atoms with Crippen LogP contribution in [0.25, 0.3) is 0 Å². The van der Waals surface area contributed by atoms with E-state index in [9.17, 15) is 15.2 Å². The molecule has 1 heterocycles. The van der Waals surface area contributed by atoms with Crippen molar-refractivity contribution in [2.45, 2.75) is 45.3 Å². The average molecular weight is 266 g/mol. The van der Waals surface area contributed by atoms with Crippen LogP contribution in [0, 0.1) is 15.5 Å². The SMILES string of the molecule is CCC1(CC)C(O)CC1Oc1cccnc1[N+](=O)[O-]. The zero-order chi connectivity index (χ0) is 14.0. The summed E-state index contributed by atoms with van der Waals surface area (Å²) in [5.41, 5.74) is -0.302. The maximum atomic E-state index is 10.9. The van der Waals surface area contributed by atoms with E-state index in [1.54, 1.807) is 12.1 Å². The fraction of sp³-hybridized carbons (Fsp3) is 0.615. The van der Waals surface area contributed by atoms with E-state index in [-0.39, 0.29) is 23.1 Å². The monoisotopic (exact) mass is 266 g/mol. The number of pyridine rings is 1. The number of aliphatic hydroxyl groups excluding tert-OH is 1. The lowest BCUT2D eigenvalue weighted by Gasteiger charge is -2.52. The van der Waals surface area contributed by atoms with Crippen molar-refractivity contribution in [1.29, 1.82) is 0 Å². The molecule has 0 bridgehead atoms. The van der Waals surface area contributed by atoms with Gasteiger partial charge in [0, 0.05) is 11.8 Å². The highest BCUT2D eigenvalue weighted by atomic mass is 16.6. The molecule has 2 rings (SSSR count). The second kappa shape index (κ2) is 5.13. The average Bonchev–Trinajstić information content (AvgIpc) is 2.40. The number of nitrogens with zero attached hydrogens (tertiary/aromatic N) is 2. The van der Waals surface area contributed by atoms with Crippen molar-refractivity contribution >= 4 is 5.82 Å². The van der Waals surface area contributed by atoms with Gasteiger partial charge in [0.05, 0.1) is 6.10 Å². The van der Waals surface area contributed by atoms with E-state index in [1.165, 1.54) is 6.20 Å². The summed E-state index contributed by atoms with van der Waals surface area (Å²) >= 11 is 0. The first kappa shape index (κ1) is 13.7. The number of nitro groups is 1. The van der Waals surface area contributed by atoms with Crippen LogP contribution in [0.3, 0.4) is 0 Å². The fourth-order valence-corrected chi connectivity index (χ4v) is 2.83. The van der Waals surface area contributed by atoms with E-state index in [0.29, 0.717) is 6.42 Å². The lowest BCUT2D eigenvalue weighted by Crippen LogP contribution is -2.59. The van der Waals surface area contributed by atoms with Crippen LogP contribution in [0.5, 0.6) is 5.75 Å². The first-order valence-corrected chi connectivity index (χ1v) is 6.49. The van der Waals surface area contributed by atoms with Gasteiger partial charge in [0.1, 0.15) is 12.3 Å². The van der Waals surface area contributed by atoms with Crippen molar-refractivity contribution in [2.24, 2.45) is 5.41 Å². The topological polar surface area (TPSA) is 85.5 Å². The van der Waals surface area contributed by atoms with E-state index in [0.717, 1.165) is 12.8 Å². The van der Waals surface area contributed by atoms with Crippen LogP contribution in [0.1, 0.15) is 33.1 Å². The van der Waals surface area contributed by atoms with Crippen LogP contribution in [-0.2, 0) is 0 Å². The van der Waals surface area contributed by atoms with Crippen LogP contribution in [0.2, 0.25) is 0 Å². The Labute approximate surface area is 111 Å². The Morgan fingerprint density at radius 2 is 2.26 bits per heavy atom. The van der Waals surface area contributed by atoms with E-state index in [1.807, 2.05) is 13.8 Å². The van der Waals surface area contributed by atoms with Gasteiger partial charge in [-0.1, -0.05) is 13.8 Å². The molecule has 104 valence electrons. The van der Waals surface area contributed by atoms with Crippen LogP contribution >= 0.6 is 0 Å². The highest BCUT2D eigenvalue weighted by Crippen LogP contribution is 2.49. The Hall–Kier alpha value is -1.69. The van der Waals surface area contributed by atoms with E-state index >= 15 is 0 Å². The van der Waals surface area contributed by atoms with Crippen molar-refractivity contribution in [3.05, 3.63) is 28.4 Å². The lowest BCUT2D eigenvalue weighted by molar-refractivity contribution is -0.391. The molecule has 0 saturated heterocycles. The third-order valence-corrected chi connectivity index (χ3v) is 4.25. The summed E-state index contributed by atoms with van der Waals surface area (Å²) < 4.78 is 5.75. The Morgan fingerprint density at radius 1 is 1.58 bits per heavy atom. The summed E-state index contributed by atoms with van der Waals surface area (Å²) in [6.07, 6.45) is 2.84. The van der Waals surface area contributed by atoms with Crippen LogP contribution in [-0.4, -0.2) is 27.2 Å². The molecule has 1 aliphatic carbocycles. The van der Waals surface area contributed by atoms with Gasteiger partial charge in [0.25, 0.3) is 0 Å². The smallest absolute Gasteiger partial charge is 0.406 e. The quantitative estimate of drug-likeness (QED) is 0.653. The molecular weight excluding hydrogens is 248 g/mol. The van der Waals surface area contributed by atoms with E-state index in [2.05, 4.69) is 4.98 Å². The molecule has 19 heavy (non-hydrogen) atoms. The maximum absolute atomic E-state index is 10.9. The standard InChI is InChI=1S/C13H18N2O4/c1-3-13(4-2)10(16)8-11(13)19-9-6-5-7-14-12(9)15(17)18/h5-7,10-11,16H,3-4,8H2,1-2H3. The van der Waals surface area contributed by atoms with E-state index < -0.39 is 11.0 Å². The molecular formula is C13H18N2O4. The minimum absolute atomic E-state index is 0.177. The van der Waals surface area contributed by atoms with Crippen LogP contribution < -0.4 is 4.74 Å². The van der Waals surface area contributed by atoms with Crippen LogP contribution in [0.15, 0.2) is 18.3 Å². The zero-order valence-corrected chi connectivity index (χ0v) is 11.1. The zero-order valence-electron chi connectivity index (χ0n) is 11.1. The third kappa shape index (κ3) is 2.16. The molecule has 1 aliphatic rings. The van der Waals surface area contributed by atoms with Gasteiger partial charge < -0.3 is 20.0 Å². The number of hydrogen-bond acceptors (Lipinski definition) is 5. The van der Waals surface area contributed by atoms with Crippen molar-refractivity contribution in [2.75, 3.05) is 0 Å². The maximum Gasteiger partial charge on any atom is 0.406 e. The highest BCUT2D eigenvalue weighted by molar-refractivity contribution is 5.39. The first-order valence-electron chi connectivity index (χ1n) is 6.49. The van der Waals surface area contributed by atoms with Crippen molar-refractivity contribution in [3.8, 4) is 5.75 Å². The largest absolute Gasteiger partial charge is 0.482 e. The van der Waals surface area contributed by atoms with Gasteiger partial charge in [-0.05, 0) is 34.9 Å². The van der Waals surface area contributed by atoms with Crippen molar-refractivity contribution in [1.82, 2.24) is 4.98 Å². The Bertz CT molecular complexity index is 473. The van der Waals surface area contributed by atoms with E-state index in [4.69, 9.17) is 4.74 Å². The Balaban J connectivity index is 2.21. The van der Waals surface area contributed by atoms with Gasteiger partial charge in [-0.15, -0.1) is 0 Å². The van der Waals surface area contributed by atoms with Gasteiger partial charge >= 0.3 is 5.82 Å². The van der Waals surface area contributed by atoms with Crippen molar-refractivity contribution < 1.29 is 14.8 Å². The summed E-state index contributed by atoms with van der Waals surface area (Å²) in [5.74, 6) is -0.0966. The second-order valence-electron chi connectivity index (χ2n) is 4.88. The summed E-state index contributed by atoms with van der Waals surface area (Å²) in [6, 6.07) is 3.16. The van der Waals surface area contributed by atoms with Crippen LogP contribution in [0.4, 0.5) is 5.82 Å². The number of hydrogen-bond donors (Lipinski definition) is 1. The molecule has 6 nitrogen and oxygen atoms in total. The third-order valence-electron chi connectivity index (χ3n) is 4.25. The molecule has 1 aromatic rings. The van der Waals surface area contributed by atoms with Gasteiger partial charge in [-0.2, -0.15) is 0 Å². The second-order valence-corrected chi connectivity index (χ2v) is 4.88. The molecule has 0 amide bonds. The van der Waals surface area contributed by atoms with Gasteiger partial charge in [0.2, 0.25) is 5.75 Å². The molecule has 2 unspecified atom stereocenters. The summed E-state index contributed by atoms with van der Waals surface area (Å²) in [7, 11) is 0. The molecule has 0 radical (unpaired) electrons. The molecule has 0 aliphatic heterocycles. The number of aromatic nitrogens is 1. The first-order chi connectivity index (χ1) is 9.05. The minimum Gasteiger partial charge on any atom is -0.482 e. The number of rotatable bonds is 5. The molecule has 0 spiro atoms. The minimum atomic E-state index is -0.552. The van der Waals surface area contributed by atoms with Gasteiger partial charge in [-0.25, -0.2) is 0 Å². The molecule has 1 N–H and O–H groups in total. The lowest BCUT2D eigenvalue weighted by atomic mass is 9.60. The summed E-state index contributed by atoms with van der Waals surface area (Å²) in [6.45, 7) is 4.00. The van der Waals surface area contributed by atoms with Gasteiger partial charge in [0.15, 0.2) is 0 Å². The Morgan fingerprint density at radius 3 is 2.79 bits per heavy atom. The Kier molecular flexibility index (Phi) is 3.71. The predicted octanol–water partition coefficient (Wildman–Crippen LogP) is 2.31. The molecule has 2 atom stereocenters. The highest BCUT2D eigenvalue weighted by Gasteiger charge is 2.54. The summed E-state index contributed by atoms with van der Waals surface area (Å²) in [4.78, 5) is 14.1. The number of ether oxygens (including phenoxy) is 1. The van der Waals surface area contributed by atoms with Crippen molar-refractivity contribution in [3.63, 3.8) is 0 Å². The van der Waals surface area contributed by atoms with Gasteiger partial charge in [-0.3, -0.25) is 0 Å².